The van der Waals surface area contributed by atoms with E-state index in [0.717, 1.165) is 27.9 Å². The monoisotopic (exact) mass is 380 g/mol. The van der Waals surface area contributed by atoms with E-state index in [4.69, 9.17) is 4.74 Å². The number of hydrogen-bond acceptors (Lipinski definition) is 6. The molecule has 0 aliphatic rings. The molecule has 1 aromatic heterocycles. The number of carbonyl (C=O) groups is 1. The fourth-order valence-electron chi connectivity index (χ4n) is 2.55. The van der Waals surface area contributed by atoms with Crippen LogP contribution in [0.4, 0.5) is 0 Å². The first-order valence-corrected chi connectivity index (χ1v) is 9.22. The summed E-state index contributed by atoms with van der Waals surface area (Å²) >= 11 is 1.53. The van der Waals surface area contributed by atoms with Gasteiger partial charge < -0.3 is 14.6 Å². The van der Waals surface area contributed by atoms with Crippen LogP contribution in [0.2, 0.25) is 0 Å². The number of benzene rings is 2. The minimum atomic E-state index is -1.18. The van der Waals surface area contributed by atoms with Crippen molar-refractivity contribution in [2.75, 3.05) is 7.11 Å². The molecule has 0 radical (unpaired) electrons. The van der Waals surface area contributed by atoms with Gasteiger partial charge in [0.2, 0.25) is 0 Å². The van der Waals surface area contributed by atoms with Crippen molar-refractivity contribution < 1.29 is 14.6 Å². The molecule has 3 aromatic rings. The Morgan fingerprint density at radius 1 is 1.26 bits per heavy atom. The third-order valence-electron chi connectivity index (χ3n) is 3.91. The summed E-state index contributed by atoms with van der Waals surface area (Å²) in [5.41, 5.74) is 2.06. The van der Waals surface area contributed by atoms with Gasteiger partial charge in [0.25, 0.3) is 0 Å². The molecule has 3 rings (SSSR count). The molecule has 138 valence electrons. The molecule has 0 amide bonds. The standard InChI is InChI=1S/C20H19N3O3S/c1-3-11-23-18(16-5-4-6-17(12-16)26-2)21-22-20(23)27-13-14-7-9-15(10-8-14)19(24)25/h3-10,12H,1,11,13H2,2H3,(H,24,25)/p-1. The van der Waals surface area contributed by atoms with Gasteiger partial charge in [0.1, 0.15) is 5.75 Å². The summed E-state index contributed by atoms with van der Waals surface area (Å²) in [6, 6.07) is 14.3. The van der Waals surface area contributed by atoms with Crippen molar-refractivity contribution in [2.24, 2.45) is 0 Å². The highest BCUT2D eigenvalue weighted by atomic mass is 32.2. The van der Waals surface area contributed by atoms with Crippen LogP contribution in [-0.4, -0.2) is 27.8 Å². The third-order valence-corrected chi connectivity index (χ3v) is 4.95. The zero-order valence-electron chi connectivity index (χ0n) is 14.8. The number of nitrogens with zero attached hydrogens (tertiary/aromatic N) is 3. The number of carbonyl (C=O) groups excluding carboxylic acids is 1. The molecule has 0 atom stereocenters. The van der Waals surface area contributed by atoms with E-state index < -0.39 is 5.97 Å². The Bertz CT molecular complexity index is 951. The normalized spacial score (nSPS) is 10.6. The molecule has 6 nitrogen and oxygen atoms in total. The minimum Gasteiger partial charge on any atom is -0.545 e. The number of methoxy groups -OCH3 is 1. The number of carboxylic acids is 1. The SMILES string of the molecule is C=CCn1c(SCc2ccc(C(=O)[O-])cc2)nnc1-c1cccc(OC)c1. The summed E-state index contributed by atoms with van der Waals surface area (Å²) in [6.07, 6.45) is 1.80. The maximum absolute atomic E-state index is 10.8. The molecular weight excluding hydrogens is 362 g/mol. The second-order valence-electron chi connectivity index (χ2n) is 5.71. The highest BCUT2D eigenvalue weighted by Crippen LogP contribution is 2.28. The van der Waals surface area contributed by atoms with E-state index in [1.807, 2.05) is 28.8 Å². The van der Waals surface area contributed by atoms with Crippen molar-refractivity contribution >= 4 is 17.7 Å². The van der Waals surface area contributed by atoms with Crippen LogP contribution >= 0.6 is 11.8 Å². The van der Waals surface area contributed by atoms with Crippen LogP contribution in [0.15, 0.2) is 66.3 Å². The Labute approximate surface area is 161 Å². The predicted octanol–water partition coefficient (Wildman–Crippen LogP) is 2.80. The number of aromatic carboxylic acids is 1. The molecule has 0 bridgehead atoms. The van der Waals surface area contributed by atoms with Gasteiger partial charge in [-0.1, -0.05) is 54.2 Å². The van der Waals surface area contributed by atoms with E-state index in [-0.39, 0.29) is 5.56 Å². The zero-order chi connectivity index (χ0) is 19.2. The van der Waals surface area contributed by atoms with Crippen LogP contribution in [0.1, 0.15) is 15.9 Å². The Kier molecular flexibility index (Phi) is 5.93. The summed E-state index contributed by atoms with van der Waals surface area (Å²) in [6.45, 7) is 4.39. The molecule has 0 fully saturated rings. The number of ether oxygens (including phenoxy) is 1. The van der Waals surface area contributed by atoms with E-state index in [2.05, 4.69) is 16.8 Å². The summed E-state index contributed by atoms with van der Waals surface area (Å²) in [7, 11) is 1.63. The maximum Gasteiger partial charge on any atom is 0.192 e. The molecule has 2 aromatic carbocycles. The first-order chi connectivity index (χ1) is 13.1. The number of allylic oxidation sites excluding steroid dienone is 1. The average molecular weight is 380 g/mol. The quantitative estimate of drug-likeness (QED) is 0.442. The molecule has 0 saturated heterocycles. The van der Waals surface area contributed by atoms with E-state index in [1.165, 1.54) is 11.8 Å². The third kappa shape index (κ3) is 4.38. The first-order valence-electron chi connectivity index (χ1n) is 8.24. The van der Waals surface area contributed by atoms with Gasteiger partial charge in [-0.05, 0) is 23.3 Å². The fourth-order valence-corrected chi connectivity index (χ4v) is 3.45. The average Bonchev–Trinajstić information content (AvgIpc) is 3.09. The number of carboxylic acid groups (broad SMARTS) is 1. The summed E-state index contributed by atoms with van der Waals surface area (Å²) < 4.78 is 7.27. The number of aromatic nitrogens is 3. The largest absolute Gasteiger partial charge is 0.545 e. The Hall–Kier alpha value is -3.06. The molecule has 7 heteroatoms. The van der Waals surface area contributed by atoms with Crippen LogP contribution in [0.25, 0.3) is 11.4 Å². The van der Waals surface area contributed by atoms with Gasteiger partial charge in [0, 0.05) is 17.9 Å². The van der Waals surface area contributed by atoms with Crippen LogP contribution in [0.5, 0.6) is 5.75 Å². The molecular formula is C20H18N3O3S-. The molecule has 0 unspecified atom stereocenters. The predicted molar refractivity (Wildman–Crippen MR) is 103 cm³/mol. The summed E-state index contributed by atoms with van der Waals surface area (Å²) in [5, 5.41) is 20.2. The van der Waals surface area contributed by atoms with E-state index in [0.29, 0.717) is 12.3 Å². The molecule has 0 N–H and O–H groups in total. The Morgan fingerprint density at radius 3 is 2.70 bits per heavy atom. The Morgan fingerprint density at radius 2 is 2.04 bits per heavy atom. The van der Waals surface area contributed by atoms with Gasteiger partial charge in [-0.2, -0.15) is 0 Å². The van der Waals surface area contributed by atoms with Crippen molar-refractivity contribution in [2.45, 2.75) is 17.5 Å². The van der Waals surface area contributed by atoms with Crippen LogP contribution in [0, 0.1) is 0 Å². The van der Waals surface area contributed by atoms with Gasteiger partial charge in [-0.15, -0.1) is 16.8 Å². The molecule has 0 aliphatic carbocycles. The lowest BCUT2D eigenvalue weighted by Gasteiger charge is -2.09. The number of thioether (sulfide) groups is 1. The zero-order valence-corrected chi connectivity index (χ0v) is 15.6. The van der Waals surface area contributed by atoms with Crippen LogP contribution in [0.3, 0.4) is 0 Å². The number of hydrogen-bond donors (Lipinski definition) is 0. The van der Waals surface area contributed by atoms with Gasteiger partial charge in [-0.3, -0.25) is 4.57 Å². The van der Waals surface area contributed by atoms with Crippen molar-refractivity contribution in [3.8, 4) is 17.1 Å². The topological polar surface area (TPSA) is 80.1 Å². The highest BCUT2D eigenvalue weighted by molar-refractivity contribution is 7.98. The lowest BCUT2D eigenvalue weighted by molar-refractivity contribution is -0.255. The molecule has 0 saturated carbocycles. The lowest BCUT2D eigenvalue weighted by Crippen LogP contribution is -2.21. The fraction of sp³-hybridized carbons (Fsp3) is 0.150. The smallest absolute Gasteiger partial charge is 0.192 e. The molecule has 0 aliphatic heterocycles. The molecule has 1 heterocycles. The van der Waals surface area contributed by atoms with Crippen molar-refractivity contribution in [1.29, 1.82) is 0 Å². The molecule has 27 heavy (non-hydrogen) atoms. The van der Waals surface area contributed by atoms with Crippen LogP contribution < -0.4 is 9.84 Å². The van der Waals surface area contributed by atoms with Gasteiger partial charge in [0.15, 0.2) is 11.0 Å². The summed E-state index contributed by atoms with van der Waals surface area (Å²) in [4.78, 5) is 10.8. The molecule has 0 spiro atoms. The van der Waals surface area contributed by atoms with E-state index >= 15 is 0 Å². The highest BCUT2D eigenvalue weighted by Gasteiger charge is 2.14. The Balaban J connectivity index is 1.82. The maximum atomic E-state index is 10.8. The van der Waals surface area contributed by atoms with E-state index in [9.17, 15) is 9.90 Å². The lowest BCUT2D eigenvalue weighted by atomic mass is 10.1. The van der Waals surface area contributed by atoms with Gasteiger partial charge in [0.05, 0.1) is 13.1 Å². The van der Waals surface area contributed by atoms with Crippen molar-refractivity contribution in [3.63, 3.8) is 0 Å². The second kappa shape index (κ2) is 8.55. The minimum absolute atomic E-state index is 0.166. The summed E-state index contributed by atoms with van der Waals surface area (Å²) in [5.74, 6) is 0.954. The van der Waals surface area contributed by atoms with Crippen molar-refractivity contribution in [1.82, 2.24) is 14.8 Å². The van der Waals surface area contributed by atoms with Crippen molar-refractivity contribution in [3.05, 3.63) is 72.3 Å². The number of rotatable bonds is 8. The van der Waals surface area contributed by atoms with E-state index in [1.54, 1.807) is 37.5 Å². The first kappa shape index (κ1) is 18.7. The second-order valence-corrected chi connectivity index (χ2v) is 6.65. The van der Waals surface area contributed by atoms with Crippen LogP contribution in [-0.2, 0) is 12.3 Å². The van der Waals surface area contributed by atoms with Gasteiger partial charge >= 0.3 is 0 Å². The van der Waals surface area contributed by atoms with Gasteiger partial charge in [-0.25, -0.2) is 0 Å².